The van der Waals surface area contributed by atoms with E-state index in [4.69, 9.17) is 15.0 Å². The highest BCUT2D eigenvalue weighted by molar-refractivity contribution is 6.37. The lowest BCUT2D eigenvalue weighted by Crippen LogP contribution is -2.00. The first-order chi connectivity index (χ1) is 25.8. The van der Waals surface area contributed by atoms with Crippen molar-refractivity contribution >= 4 is 64.6 Å². The van der Waals surface area contributed by atoms with Crippen molar-refractivity contribution < 1.29 is 0 Å². The molecule has 11 rings (SSSR count). The van der Waals surface area contributed by atoms with Crippen LogP contribution >= 0.6 is 0 Å². The second kappa shape index (κ2) is 11.2. The Kier molecular flexibility index (Phi) is 6.22. The number of pyridine rings is 1. The second-order valence-corrected chi connectivity index (χ2v) is 13.5. The summed E-state index contributed by atoms with van der Waals surface area (Å²) in [5.74, 6) is 1.89. The van der Waals surface area contributed by atoms with Gasteiger partial charge >= 0.3 is 0 Å². The van der Waals surface area contributed by atoms with E-state index in [9.17, 15) is 0 Å². The molecule has 0 aliphatic heterocycles. The summed E-state index contributed by atoms with van der Waals surface area (Å²) in [7, 11) is 0. The van der Waals surface area contributed by atoms with Gasteiger partial charge in [-0.05, 0) is 94.5 Å². The van der Waals surface area contributed by atoms with E-state index in [-0.39, 0.29) is 0 Å². The number of hydrogen-bond acceptors (Lipinski definition) is 4. The molecular formula is C48H28N4. The first-order valence-corrected chi connectivity index (χ1v) is 17.5. The molecule has 9 aromatic carbocycles. The number of fused-ring (bicyclic) bond motifs is 2. The van der Waals surface area contributed by atoms with Gasteiger partial charge in [0.1, 0.15) is 0 Å². The average Bonchev–Trinajstić information content (AvgIpc) is 3.22. The minimum Gasteiger partial charge on any atom is -0.264 e. The molecule has 4 heteroatoms. The summed E-state index contributed by atoms with van der Waals surface area (Å²) in [5.41, 5.74) is 4.90. The van der Waals surface area contributed by atoms with E-state index in [1.165, 1.54) is 59.2 Å². The second-order valence-electron chi connectivity index (χ2n) is 13.5. The van der Waals surface area contributed by atoms with Crippen molar-refractivity contribution in [3.05, 3.63) is 170 Å². The van der Waals surface area contributed by atoms with Gasteiger partial charge in [-0.15, -0.1) is 0 Å². The fraction of sp³-hybridized carbons (Fsp3) is 0. The molecule has 0 saturated heterocycles. The highest BCUT2D eigenvalue weighted by Gasteiger charge is 2.18. The van der Waals surface area contributed by atoms with E-state index in [0.717, 1.165) is 33.2 Å². The normalized spacial score (nSPS) is 11.8. The van der Waals surface area contributed by atoms with Gasteiger partial charge in [0, 0.05) is 34.6 Å². The van der Waals surface area contributed by atoms with Gasteiger partial charge in [-0.2, -0.15) is 0 Å². The van der Waals surface area contributed by atoms with Crippen LogP contribution in [0.4, 0.5) is 0 Å². The number of hydrogen-bond donors (Lipinski definition) is 0. The highest BCUT2D eigenvalue weighted by atomic mass is 15.0. The molecule has 52 heavy (non-hydrogen) atoms. The lowest BCUT2D eigenvalue weighted by molar-refractivity contribution is 1.07. The van der Waals surface area contributed by atoms with Gasteiger partial charge in [-0.25, -0.2) is 15.0 Å². The lowest BCUT2D eigenvalue weighted by atomic mass is 9.87. The summed E-state index contributed by atoms with van der Waals surface area (Å²) in [6, 6.07) is 56.2. The third-order valence-corrected chi connectivity index (χ3v) is 10.5. The Morgan fingerprint density at radius 2 is 0.788 bits per heavy atom. The largest absolute Gasteiger partial charge is 0.264 e. The molecule has 0 aliphatic carbocycles. The molecule has 0 saturated carbocycles. The topological polar surface area (TPSA) is 51.6 Å². The van der Waals surface area contributed by atoms with Crippen LogP contribution in [-0.2, 0) is 0 Å². The average molecular weight is 661 g/mol. The SMILES string of the molecule is c1ccc(-c2nc(-c3cccc(-c4cccnc4)c3)nc(-c3cc4ccc5cccc6c7cccc8ccc9cccc(c(c3)c4c56)c9c87)n2)cc1. The van der Waals surface area contributed by atoms with Crippen LogP contribution in [0, 0.1) is 0 Å². The van der Waals surface area contributed by atoms with E-state index in [0.29, 0.717) is 17.5 Å². The molecular weight excluding hydrogens is 633 g/mol. The maximum absolute atomic E-state index is 5.22. The molecule has 0 aliphatic rings. The molecule has 0 atom stereocenters. The van der Waals surface area contributed by atoms with Crippen LogP contribution in [0.3, 0.4) is 0 Å². The monoisotopic (exact) mass is 660 g/mol. The van der Waals surface area contributed by atoms with Gasteiger partial charge in [-0.1, -0.05) is 133 Å². The van der Waals surface area contributed by atoms with Crippen molar-refractivity contribution in [2.45, 2.75) is 0 Å². The summed E-state index contributed by atoms with van der Waals surface area (Å²) in [5, 5.41) is 14.8. The van der Waals surface area contributed by atoms with Crippen LogP contribution < -0.4 is 0 Å². The first-order valence-electron chi connectivity index (χ1n) is 17.5. The fourth-order valence-electron chi connectivity index (χ4n) is 8.14. The van der Waals surface area contributed by atoms with Crippen LogP contribution in [0.5, 0.6) is 0 Å². The number of nitrogens with zero attached hydrogens (tertiary/aromatic N) is 4. The van der Waals surface area contributed by atoms with Crippen LogP contribution in [0.2, 0.25) is 0 Å². The molecule has 0 amide bonds. The van der Waals surface area contributed by atoms with Crippen LogP contribution in [0.1, 0.15) is 0 Å². The van der Waals surface area contributed by atoms with Gasteiger partial charge in [-0.3, -0.25) is 4.98 Å². The fourth-order valence-corrected chi connectivity index (χ4v) is 8.14. The van der Waals surface area contributed by atoms with Crippen molar-refractivity contribution in [1.82, 2.24) is 19.9 Å². The molecule has 0 bridgehead atoms. The van der Waals surface area contributed by atoms with Crippen molar-refractivity contribution in [2.75, 3.05) is 0 Å². The van der Waals surface area contributed by atoms with Gasteiger partial charge in [0.05, 0.1) is 0 Å². The predicted molar refractivity (Wildman–Crippen MR) is 216 cm³/mol. The number of rotatable bonds is 4. The van der Waals surface area contributed by atoms with E-state index >= 15 is 0 Å². The predicted octanol–water partition coefficient (Wildman–Crippen LogP) is 12.3. The van der Waals surface area contributed by atoms with Crippen molar-refractivity contribution in [2.24, 2.45) is 0 Å². The minimum atomic E-state index is 0.624. The quantitative estimate of drug-likeness (QED) is 0.176. The first kappa shape index (κ1) is 28.8. The zero-order valence-corrected chi connectivity index (χ0v) is 28.0. The van der Waals surface area contributed by atoms with Crippen LogP contribution in [-0.4, -0.2) is 19.9 Å². The summed E-state index contributed by atoms with van der Waals surface area (Å²) in [6.07, 6.45) is 3.68. The Morgan fingerprint density at radius 1 is 0.288 bits per heavy atom. The summed E-state index contributed by atoms with van der Waals surface area (Å²) < 4.78 is 0. The minimum absolute atomic E-state index is 0.624. The molecule has 0 unspecified atom stereocenters. The molecule has 4 nitrogen and oxygen atoms in total. The van der Waals surface area contributed by atoms with Crippen LogP contribution in [0.25, 0.3) is 110 Å². The number of aromatic nitrogens is 4. The summed E-state index contributed by atoms with van der Waals surface area (Å²) in [6.45, 7) is 0. The third-order valence-electron chi connectivity index (χ3n) is 10.5. The third kappa shape index (κ3) is 4.41. The van der Waals surface area contributed by atoms with Crippen LogP contribution in [0.15, 0.2) is 170 Å². The summed E-state index contributed by atoms with van der Waals surface area (Å²) in [4.78, 5) is 19.8. The van der Waals surface area contributed by atoms with E-state index in [2.05, 4.69) is 138 Å². The van der Waals surface area contributed by atoms with Gasteiger partial charge in [0.15, 0.2) is 17.5 Å². The van der Waals surface area contributed by atoms with Gasteiger partial charge in [0.2, 0.25) is 0 Å². The van der Waals surface area contributed by atoms with Gasteiger partial charge in [0.25, 0.3) is 0 Å². The molecule has 0 fully saturated rings. The maximum atomic E-state index is 5.22. The molecule has 240 valence electrons. The molecule has 0 N–H and O–H groups in total. The van der Waals surface area contributed by atoms with Crippen molar-refractivity contribution in [1.29, 1.82) is 0 Å². The standard InChI is InChI=1S/C48H28N4/c1-2-9-32(10-3-1)46-50-47(35-15-4-14-33(25-35)36-16-8-24-49-28-36)52-48(51-46)37-26-34-23-22-31-12-6-18-39-38-17-5-11-29-20-21-30-13-7-19-40(44(30)42(29)38)41(27-37)45(34)43(31)39/h1-28H. The summed E-state index contributed by atoms with van der Waals surface area (Å²) >= 11 is 0. The number of benzene rings is 8. The smallest absolute Gasteiger partial charge is 0.164 e. The van der Waals surface area contributed by atoms with Gasteiger partial charge < -0.3 is 0 Å². The Labute approximate surface area is 299 Å². The molecule has 0 radical (unpaired) electrons. The zero-order valence-electron chi connectivity index (χ0n) is 28.0. The maximum Gasteiger partial charge on any atom is 0.164 e. The zero-order chi connectivity index (χ0) is 34.2. The molecule has 2 heterocycles. The van der Waals surface area contributed by atoms with E-state index in [1.54, 1.807) is 6.20 Å². The van der Waals surface area contributed by atoms with Crippen molar-refractivity contribution in [3.63, 3.8) is 0 Å². The van der Waals surface area contributed by atoms with E-state index < -0.39 is 0 Å². The Bertz CT molecular complexity index is 3170. The van der Waals surface area contributed by atoms with Crippen molar-refractivity contribution in [3.8, 4) is 45.3 Å². The molecule has 11 aromatic rings. The lowest BCUT2D eigenvalue weighted by Gasteiger charge is -2.17. The molecule has 0 spiro atoms. The molecule has 2 aromatic heterocycles. The Hall–Kier alpha value is -7.04. The Balaban J connectivity index is 1.25. The Morgan fingerprint density at radius 3 is 1.42 bits per heavy atom. The van der Waals surface area contributed by atoms with E-state index in [1.807, 2.05) is 30.5 Å². The highest BCUT2D eigenvalue weighted by Crippen LogP contribution is 2.44.